The van der Waals surface area contributed by atoms with Crippen molar-refractivity contribution < 1.29 is 9.59 Å². The van der Waals surface area contributed by atoms with Crippen molar-refractivity contribution in [3.63, 3.8) is 0 Å². The number of carbonyl (C=O) groups excluding carboxylic acids is 2. The molecule has 0 aliphatic heterocycles. The van der Waals surface area contributed by atoms with E-state index in [0.717, 1.165) is 51.4 Å². The smallest absolute Gasteiger partial charge is 0.319 e. The minimum atomic E-state index is -0.212. The molecule has 0 radical (unpaired) electrons. The number of amides is 4. The first-order chi connectivity index (χ1) is 17.7. The Morgan fingerprint density at radius 3 is 1.32 bits per heavy atom. The summed E-state index contributed by atoms with van der Waals surface area (Å²) in [6.45, 7) is 0. The van der Waals surface area contributed by atoms with Crippen LogP contribution in [0.1, 0.15) is 57.8 Å². The van der Waals surface area contributed by atoms with Gasteiger partial charge < -0.3 is 21.3 Å². The number of rotatable bonds is 6. The van der Waals surface area contributed by atoms with Gasteiger partial charge in [0.25, 0.3) is 0 Å². The summed E-state index contributed by atoms with van der Waals surface area (Å²) in [5, 5.41) is 13.6. The Hall–Kier alpha value is -1.86. The van der Waals surface area contributed by atoms with Gasteiger partial charge in [0.2, 0.25) is 0 Å². The lowest BCUT2D eigenvalue weighted by Crippen LogP contribution is -2.41. The first-order valence-electron chi connectivity index (χ1n) is 12.8. The first-order valence-corrected chi connectivity index (χ1v) is 14.3. The van der Waals surface area contributed by atoms with Crippen LogP contribution in [0, 0.1) is 11.8 Å². The third-order valence-electron chi connectivity index (χ3n) is 7.39. The fourth-order valence-electron chi connectivity index (χ4n) is 5.41. The Morgan fingerprint density at radius 1 is 0.595 bits per heavy atom. The molecule has 37 heavy (non-hydrogen) atoms. The SMILES string of the molecule is O=C(Nc1ccc(Cl)c(Cl)c1)NC1CCC(CC2CCC(NC(=O)Nc3ccc(Cl)c(Cl)c3)CC2)CC1. The third kappa shape index (κ3) is 8.57. The number of urea groups is 2. The van der Waals surface area contributed by atoms with Crippen molar-refractivity contribution in [2.24, 2.45) is 11.8 Å². The lowest BCUT2D eigenvalue weighted by atomic mass is 9.75. The van der Waals surface area contributed by atoms with Gasteiger partial charge in [-0.2, -0.15) is 0 Å². The molecule has 6 nitrogen and oxygen atoms in total. The average Bonchev–Trinajstić information content (AvgIpc) is 2.86. The Labute approximate surface area is 238 Å². The highest BCUT2D eigenvalue weighted by atomic mass is 35.5. The van der Waals surface area contributed by atoms with Gasteiger partial charge in [-0.1, -0.05) is 46.4 Å². The van der Waals surface area contributed by atoms with Crippen molar-refractivity contribution >= 4 is 69.8 Å². The maximum atomic E-state index is 12.4. The normalized spacial score (nSPS) is 23.7. The van der Waals surface area contributed by atoms with E-state index in [4.69, 9.17) is 46.4 Å². The summed E-state index contributed by atoms with van der Waals surface area (Å²) in [6.07, 6.45) is 9.70. The fraction of sp³-hybridized carbons (Fsp3) is 0.481. The van der Waals surface area contributed by atoms with E-state index >= 15 is 0 Å². The largest absolute Gasteiger partial charge is 0.335 e. The van der Waals surface area contributed by atoms with Crippen molar-refractivity contribution in [1.29, 1.82) is 0 Å². The van der Waals surface area contributed by atoms with Crippen LogP contribution in [0.2, 0.25) is 20.1 Å². The van der Waals surface area contributed by atoms with Crippen molar-refractivity contribution in [2.45, 2.75) is 69.9 Å². The summed E-state index contributed by atoms with van der Waals surface area (Å²) in [6, 6.07) is 10.0. The van der Waals surface area contributed by atoms with Crippen LogP contribution in [0.3, 0.4) is 0 Å². The van der Waals surface area contributed by atoms with Crippen LogP contribution in [0.4, 0.5) is 21.0 Å². The Balaban J connectivity index is 1.11. The highest BCUT2D eigenvalue weighted by molar-refractivity contribution is 6.42. The lowest BCUT2D eigenvalue weighted by molar-refractivity contribution is 0.203. The summed E-state index contributed by atoms with van der Waals surface area (Å²) in [4.78, 5) is 24.7. The molecule has 4 amide bonds. The number of carbonyl (C=O) groups is 2. The van der Waals surface area contributed by atoms with E-state index in [2.05, 4.69) is 21.3 Å². The molecule has 0 spiro atoms. The van der Waals surface area contributed by atoms with E-state index in [0.29, 0.717) is 43.3 Å². The van der Waals surface area contributed by atoms with Gasteiger partial charge in [-0.15, -0.1) is 0 Å². The Bertz CT molecular complexity index is 1010. The second kappa shape index (κ2) is 13.3. The molecule has 2 aromatic rings. The number of hydrogen-bond donors (Lipinski definition) is 4. The summed E-state index contributed by atoms with van der Waals surface area (Å²) in [7, 11) is 0. The molecule has 2 aliphatic rings. The van der Waals surface area contributed by atoms with Gasteiger partial charge in [0.15, 0.2) is 0 Å². The molecule has 0 saturated heterocycles. The van der Waals surface area contributed by atoms with Crippen LogP contribution >= 0.6 is 46.4 Å². The minimum Gasteiger partial charge on any atom is -0.335 e. The molecule has 10 heteroatoms. The minimum absolute atomic E-state index is 0.188. The molecule has 2 aliphatic carbocycles. The zero-order valence-corrected chi connectivity index (χ0v) is 23.5. The van der Waals surface area contributed by atoms with Crippen LogP contribution in [0.15, 0.2) is 36.4 Å². The van der Waals surface area contributed by atoms with Gasteiger partial charge in [0, 0.05) is 23.5 Å². The molecular formula is C27H32Cl4N4O2. The molecule has 0 unspecified atom stereocenters. The predicted molar refractivity (Wildman–Crippen MR) is 153 cm³/mol. The maximum Gasteiger partial charge on any atom is 0.319 e. The lowest BCUT2D eigenvalue weighted by Gasteiger charge is -2.34. The monoisotopic (exact) mass is 584 g/mol. The second-order valence-electron chi connectivity index (χ2n) is 10.1. The van der Waals surface area contributed by atoms with Crippen LogP contribution in [-0.2, 0) is 0 Å². The van der Waals surface area contributed by atoms with Crippen molar-refractivity contribution in [2.75, 3.05) is 10.6 Å². The fourth-order valence-corrected chi connectivity index (χ4v) is 6.01. The topological polar surface area (TPSA) is 82.3 Å². The van der Waals surface area contributed by atoms with E-state index in [1.165, 1.54) is 6.42 Å². The third-order valence-corrected chi connectivity index (χ3v) is 8.86. The van der Waals surface area contributed by atoms with Gasteiger partial charge in [-0.05, 0) is 106 Å². The zero-order valence-electron chi connectivity index (χ0n) is 20.5. The second-order valence-corrected chi connectivity index (χ2v) is 11.8. The number of benzene rings is 2. The molecule has 2 aromatic carbocycles. The standard InChI is InChI=1S/C27H32Cl4N4O2/c28-22-11-9-20(14-24(22)30)34-26(36)32-18-5-1-16(2-6-18)13-17-3-7-19(8-4-17)33-27(37)35-21-10-12-23(29)25(31)15-21/h9-12,14-19H,1-8,13H2,(H2,32,34,36)(H2,33,35,37). The summed E-state index contributed by atoms with van der Waals surface area (Å²) < 4.78 is 0. The number of halogens is 4. The van der Waals surface area contributed by atoms with Gasteiger partial charge in [-0.25, -0.2) is 9.59 Å². The van der Waals surface area contributed by atoms with Crippen LogP contribution in [0.5, 0.6) is 0 Å². The van der Waals surface area contributed by atoms with Gasteiger partial charge in [-0.3, -0.25) is 0 Å². The Morgan fingerprint density at radius 2 is 0.973 bits per heavy atom. The Kier molecular flexibility index (Phi) is 10.1. The van der Waals surface area contributed by atoms with E-state index in [9.17, 15) is 9.59 Å². The molecule has 0 heterocycles. The van der Waals surface area contributed by atoms with Gasteiger partial charge >= 0.3 is 12.1 Å². The molecule has 2 fully saturated rings. The van der Waals surface area contributed by atoms with Crippen molar-refractivity contribution in [3.8, 4) is 0 Å². The summed E-state index contributed by atoms with van der Waals surface area (Å²) in [5.74, 6) is 1.40. The van der Waals surface area contributed by atoms with E-state index in [1.807, 2.05) is 0 Å². The number of hydrogen-bond acceptors (Lipinski definition) is 2. The van der Waals surface area contributed by atoms with Crippen molar-refractivity contribution in [3.05, 3.63) is 56.5 Å². The van der Waals surface area contributed by atoms with E-state index < -0.39 is 0 Å². The van der Waals surface area contributed by atoms with Crippen LogP contribution in [0.25, 0.3) is 0 Å². The number of nitrogens with one attached hydrogen (secondary N) is 4. The van der Waals surface area contributed by atoms with Crippen LogP contribution < -0.4 is 21.3 Å². The van der Waals surface area contributed by atoms with E-state index in [-0.39, 0.29) is 24.1 Å². The molecule has 0 aromatic heterocycles. The molecule has 0 atom stereocenters. The molecule has 2 saturated carbocycles. The highest BCUT2D eigenvalue weighted by Gasteiger charge is 2.28. The van der Waals surface area contributed by atoms with Crippen molar-refractivity contribution in [1.82, 2.24) is 10.6 Å². The first kappa shape index (κ1) is 28.2. The van der Waals surface area contributed by atoms with Crippen LogP contribution in [-0.4, -0.2) is 24.1 Å². The maximum absolute atomic E-state index is 12.4. The molecule has 200 valence electrons. The number of anilines is 2. The van der Waals surface area contributed by atoms with Gasteiger partial charge in [0.1, 0.15) is 0 Å². The summed E-state index contributed by atoms with van der Waals surface area (Å²) >= 11 is 23.9. The van der Waals surface area contributed by atoms with E-state index in [1.54, 1.807) is 36.4 Å². The molecule has 4 rings (SSSR count). The average molecular weight is 586 g/mol. The molecule has 0 bridgehead atoms. The highest BCUT2D eigenvalue weighted by Crippen LogP contribution is 2.35. The predicted octanol–water partition coefficient (Wildman–Crippen LogP) is 8.75. The van der Waals surface area contributed by atoms with Gasteiger partial charge in [0.05, 0.1) is 20.1 Å². The molecular weight excluding hydrogens is 554 g/mol. The molecule has 4 N–H and O–H groups in total. The quantitative estimate of drug-likeness (QED) is 0.273. The summed E-state index contributed by atoms with van der Waals surface area (Å²) in [5.41, 5.74) is 1.25. The zero-order chi connectivity index (χ0) is 26.4.